The summed E-state index contributed by atoms with van der Waals surface area (Å²) in [6, 6.07) is 19.9. The maximum atomic E-state index is 13.5. The monoisotopic (exact) mass is 532 g/mol. The zero-order chi connectivity index (χ0) is 25.4. The number of likely N-dealkylation sites (tertiary alicyclic amines) is 1. The molecule has 2 aliphatic heterocycles. The zero-order valence-electron chi connectivity index (χ0n) is 19.7. The molecule has 2 aromatic carbocycles. The zero-order valence-corrected chi connectivity index (χ0v) is 21.4. The van der Waals surface area contributed by atoms with E-state index >= 15 is 0 Å². The molecule has 2 saturated carbocycles. The molecule has 1 saturated heterocycles. The van der Waals surface area contributed by atoms with Gasteiger partial charge in [-0.05, 0) is 41.9 Å². The molecule has 3 fully saturated rings. The van der Waals surface area contributed by atoms with Gasteiger partial charge in [-0.3, -0.25) is 28.6 Å². The summed E-state index contributed by atoms with van der Waals surface area (Å²) < 4.78 is 1.81. The summed E-state index contributed by atoms with van der Waals surface area (Å²) in [5, 5.41) is 10.2. The average molecular weight is 533 g/mol. The van der Waals surface area contributed by atoms with Crippen molar-refractivity contribution in [1.82, 2.24) is 9.47 Å². The lowest BCUT2D eigenvalue weighted by Gasteiger charge is -2.43. The fourth-order valence-corrected chi connectivity index (χ4v) is 10.6. The lowest BCUT2D eigenvalue weighted by molar-refractivity contribution is -0.142. The number of amides is 2. The van der Waals surface area contributed by atoms with Gasteiger partial charge in [-0.2, -0.15) is 0 Å². The number of hydrogen-bond donors (Lipinski definition) is 1. The van der Waals surface area contributed by atoms with E-state index in [0.29, 0.717) is 0 Å². The van der Waals surface area contributed by atoms with Gasteiger partial charge in [-0.1, -0.05) is 59.9 Å². The molecule has 9 heteroatoms. The van der Waals surface area contributed by atoms with Crippen LogP contribution in [0.3, 0.4) is 0 Å². The molecule has 3 aromatic rings. The van der Waals surface area contributed by atoms with Gasteiger partial charge in [0.15, 0.2) is 0 Å². The average Bonchev–Trinajstić information content (AvgIpc) is 3.62. The first-order valence-corrected chi connectivity index (χ1v) is 14.2. The highest BCUT2D eigenvalue weighted by molar-refractivity contribution is 8.00. The van der Waals surface area contributed by atoms with Crippen LogP contribution in [-0.4, -0.2) is 44.2 Å². The summed E-state index contributed by atoms with van der Waals surface area (Å²) in [6.45, 7) is -0.0646. The number of thiazole rings is 1. The Morgan fingerprint density at radius 2 is 1.57 bits per heavy atom. The second kappa shape index (κ2) is 8.43. The molecule has 1 N–H and O–H groups in total. The fraction of sp³-hybridized carbons (Fsp3) is 0.357. The van der Waals surface area contributed by atoms with Gasteiger partial charge < -0.3 is 5.11 Å². The largest absolute Gasteiger partial charge is 0.481 e. The summed E-state index contributed by atoms with van der Waals surface area (Å²) in [4.78, 5) is 53.6. The molecule has 1 aromatic heterocycles. The lowest BCUT2D eigenvalue weighted by Crippen LogP contribution is -2.43. The number of thioether (sulfide) groups is 1. The highest BCUT2D eigenvalue weighted by Gasteiger charge is 2.69. The Hall–Kier alpha value is -3.17. The number of aromatic nitrogens is 1. The van der Waals surface area contributed by atoms with Gasteiger partial charge in [0, 0.05) is 22.6 Å². The van der Waals surface area contributed by atoms with Crippen LogP contribution in [-0.2, 0) is 14.4 Å². The normalized spacial score (nSPS) is 31.4. The van der Waals surface area contributed by atoms with Crippen molar-refractivity contribution < 1.29 is 19.5 Å². The Bertz CT molecular complexity index is 1480. The standard InChI is InChI=1S/C28H24N2O5S2/c31-18(32)11-12-29-25(33)21-16-13-17(22(21)26(29)34)23-20(16)19(14-7-3-1-4-8-14)24-27(36-23)30(28(35)37-24)15-9-5-2-6-10-15/h1-10,16-17,19-23H,11-13H2,(H,31,32)/t16-,17+,19+,20+,21+,22+,23-/m0/s1. The van der Waals surface area contributed by atoms with E-state index in [-0.39, 0.29) is 58.6 Å². The van der Waals surface area contributed by atoms with Crippen molar-refractivity contribution in [1.29, 1.82) is 0 Å². The van der Waals surface area contributed by atoms with Crippen LogP contribution in [0.5, 0.6) is 0 Å². The van der Waals surface area contributed by atoms with Crippen molar-refractivity contribution in [2.45, 2.75) is 29.0 Å². The first-order chi connectivity index (χ1) is 18.0. The number of aliphatic carboxylic acids is 1. The van der Waals surface area contributed by atoms with E-state index in [9.17, 15) is 19.2 Å². The molecular weight excluding hydrogens is 508 g/mol. The van der Waals surface area contributed by atoms with Crippen molar-refractivity contribution in [3.05, 3.63) is 80.8 Å². The van der Waals surface area contributed by atoms with Gasteiger partial charge in [0.1, 0.15) is 0 Å². The Morgan fingerprint density at radius 1 is 0.919 bits per heavy atom. The minimum Gasteiger partial charge on any atom is -0.481 e. The molecule has 4 aliphatic rings. The summed E-state index contributed by atoms with van der Waals surface area (Å²) in [7, 11) is 0. The predicted octanol–water partition coefficient (Wildman–Crippen LogP) is 3.85. The highest BCUT2D eigenvalue weighted by atomic mass is 32.2. The summed E-state index contributed by atoms with van der Waals surface area (Å²) >= 11 is 2.99. The van der Waals surface area contributed by atoms with E-state index in [0.717, 1.165) is 27.6 Å². The first kappa shape index (κ1) is 23.0. The number of carbonyl (C=O) groups excluding carboxylic acids is 2. The highest BCUT2D eigenvalue weighted by Crippen LogP contribution is 2.68. The van der Waals surface area contributed by atoms with Crippen LogP contribution in [0.1, 0.15) is 29.2 Å². The third-order valence-electron chi connectivity index (χ3n) is 8.68. The minimum absolute atomic E-state index is 0.0230. The third kappa shape index (κ3) is 3.26. The number of benzene rings is 2. The van der Waals surface area contributed by atoms with Crippen molar-refractivity contribution >= 4 is 40.9 Å². The van der Waals surface area contributed by atoms with Gasteiger partial charge in [-0.15, -0.1) is 11.8 Å². The molecular formula is C28H24N2O5S2. The molecule has 0 unspecified atom stereocenters. The van der Waals surface area contributed by atoms with E-state index in [1.54, 1.807) is 16.3 Å². The number of nitrogens with zero attached hydrogens (tertiary/aromatic N) is 2. The van der Waals surface area contributed by atoms with E-state index in [4.69, 9.17) is 5.11 Å². The molecule has 2 amide bonds. The van der Waals surface area contributed by atoms with Crippen LogP contribution in [0.2, 0.25) is 0 Å². The van der Waals surface area contributed by atoms with Crippen molar-refractivity contribution in [3.63, 3.8) is 0 Å². The maximum Gasteiger partial charge on any atom is 0.312 e. The molecule has 3 heterocycles. The molecule has 7 atom stereocenters. The van der Waals surface area contributed by atoms with E-state index in [1.807, 2.05) is 48.5 Å². The number of para-hydroxylation sites is 1. The summed E-state index contributed by atoms with van der Waals surface area (Å²) in [6.07, 6.45) is 0.580. The van der Waals surface area contributed by atoms with E-state index < -0.39 is 17.8 Å². The van der Waals surface area contributed by atoms with E-state index in [1.165, 1.54) is 16.2 Å². The van der Waals surface area contributed by atoms with Gasteiger partial charge in [-0.25, -0.2) is 0 Å². The van der Waals surface area contributed by atoms with Crippen LogP contribution < -0.4 is 4.87 Å². The smallest absolute Gasteiger partial charge is 0.312 e. The number of rotatable bonds is 5. The van der Waals surface area contributed by atoms with Gasteiger partial charge in [0.25, 0.3) is 0 Å². The maximum absolute atomic E-state index is 13.5. The third-order valence-corrected chi connectivity index (χ3v) is 11.4. The molecule has 37 heavy (non-hydrogen) atoms. The Labute approximate surface area is 221 Å². The Morgan fingerprint density at radius 3 is 2.24 bits per heavy atom. The van der Waals surface area contributed by atoms with Crippen molar-refractivity contribution in [2.75, 3.05) is 6.54 Å². The Kier molecular flexibility index (Phi) is 5.23. The molecule has 7 rings (SSSR count). The fourth-order valence-electron chi connectivity index (χ4n) is 7.40. The quantitative estimate of drug-likeness (QED) is 0.502. The number of carboxylic acids is 1. The molecule has 188 valence electrons. The second-order valence-electron chi connectivity index (χ2n) is 10.3. The van der Waals surface area contributed by atoms with Crippen LogP contribution in [0.4, 0.5) is 0 Å². The van der Waals surface area contributed by atoms with Crippen LogP contribution >= 0.6 is 23.1 Å². The number of imide groups is 1. The molecule has 7 nitrogen and oxygen atoms in total. The molecule has 2 bridgehead atoms. The topological polar surface area (TPSA) is 96.7 Å². The summed E-state index contributed by atoms with van der Waals surface area (Å²) in [5.41, 5.74) is 1.96. The molecule has 2 aliphatic carbocycles. The van der Waals surface area contributed by atoms with Gasteiger partial charge in [0.2, 0.25) is 11.8 Å². The molecule has 0 spiro atoms. The van der Waals surface area contributed by atoms with Crippen molar-refractivity contribution in [2.24, 2.45) is 29.6 Å². The molecule has 0 radical (unpaired) electrons. The SMILES string of the molecule is O=C(O)CCN1C(=O)[C@@H]2[C@H]3C[C@@H]([C@@H]4Sc5c(sc(=O)n5-c5ccccc5)[C@H](c5ccccc5)[C@@H]34)[C@H]2C1=O. The number of hydrogen-bond acceptors (Lipinski definition) is 6. The van der Waals surface area contributed by atoms with Crippen molar-refractivity contribution in [3.8, 4) is 5.69 Å². The minimum atomic E-state index is -1.02. The number of fused-ring (bicyclic) bond motifs is 9. The van der Waals surface area contributed by atoms with Gasteiger partial charge in [0.05, 0.1) is 29.0 Å². The second-order valence-corrected chi connectivity index (χ2v) is 12.5. The van der Waals surface area contributed by atoms with Crippen LogP contribution in [0.15, 0.2) is 70.5 Å². The number of carboxylic acid groups (broad SMARTS) is 1. The predicted molar refractivity (Wildman–Crippen MR) is 139 cm³/mol. The van der Waals surface area contributed by atoms with E-state index in [2.05, 4.69) is 12.1 Å². The lowest BCUT2D eigenvalue weighted by atomic mass is 9.68. The van der Waals surface area contributed by atoms with Crippen LogP contribution in [0.25, 0.3) is 5.69 Å². The van der Waals surface area contributed by atoms with Gasteiger partial charge >= 0.3 is 10.8 Å². The first-order valence-electron chi connectivity index (χ1n) is 12.6. The number of carbonyl (C=O) groups is 3. The van der Waals surface area contributed by atoms with Crippen LogP contribution in [0, 0.1) is 29.6 Å². The Balaban J connectivity index is 1.35. The summed E-state index contributed by atoms with van der Waals surface area (Å²) in [5.74, 6) is -2.08.